The summed E-state index contributed by atoms with van der Waals surface area (Å²) >= 11 is 0. The Labute approximate surface area is 147 Å². The number of hydrogen-bond acceptors (Lipinski definition) is 5. The van der Waals surface area contributed by atoms with Crippen LogP contribution in [0, 0.1) is 13.8 Å². The zero-order chi connectivity index (χ0) is 18.0. The van der Waals surface area contributed by atoms with Crippen LogP contribution in [-0.2, 0) is 9.84 Å². The molecule has 25 heavy (non-hydrogen) atoms. The van der Waals surface area contributed by atoms with E-state index in [2.05, 4.69) is 15.6 Å². The summed E-state index contributed by atoms with van der Waals surface area (Å²) in [5.74, 6) is 0.430. The average molecular weight is 359 g/mol. The summed E-state index contributed by atoms with van der Waals surface area (Å²) < 4.78 is 23.0. The number of sulfone groups is 1. The molecule has 1 aromatic heterocycles. The highest BCUT2D eigenvalue weighted by atomic mass is 32.2. The van der Waals surface area contributed by atoms with Crippen LogP contribution in [0.15, 0.2) is 36.5 Å². The minimum Gasteiger partial charge on any atom is -0.348 e. The van der Waals surface area contributed by atoms with Crippen molar-refractivity contribution >= 4 is 27.2 Å². The van der Waals surface area contributed by atoms with Crippen molar-refractivity contribution in [2.45, 2.75) is 26.3 Å². The van der Waals surface area contributed by atoms with Gasteiger partial charge >= 0.3 is 0 Å². The molecule has 1 amide bonds. The number of nitrogens with zero attached hydrogens (tertiary/aromatic N) is 1. The first kappa shape index (κ1) is 17.4. The maximum atomic E-state index is 12.4. The molecular formula is C18H21N3O3S. The zero-order valence-electron chi connectivity index (χ0n) is 14.2. The first-order valence-corrected chi connectivity index (χ1v) is 9.97. The largest absolute Gasteiger partial charge is 0.348 e. The second-order valence-electron chi connectivity index (χ2n) is 6.38. The van der Waals surface area contributed by atoms with Crippen LogP contribution in [0.5, 0.6) is 0 Å². The molecule has 1 aliphatic rings. The summed E-state index contributed by atoms with van der Waals surface area (Å²) in [6.45, 7) is 4.06. The van der Waals surface area contributed by atoms with Crippen LogP contribution in [0.3, 0.4) is 0 Å². The van der Waals surface area contributed by atoms with Gasteiger partial charge in [-0.3, -0.25) is 4.79 Å². The van der Waals surface area contributed by atoms with Crippen molar-refractivity contribution in [3.05, 3.63) is 53.2 Å². The lowest BCUT2D eigenvalue weighted by Crippen LogP contribution is -2.35. The Hall–Kier alpha value is -2.41. The van der Waals surface area contributed by atoms with E-state index >= 15 is 0 Å². The zero-order valence-corrected chi connectivity index (χ0v) is 15.1. The van der Waals surface area contributed by atoms with Crippen LogP contribution in [0.2, 0.25) is 0 Å². The van der Waals surface area contributed by atoms with Crippen LogP contribution in [0.25, 0.3) is 0 Å². The maximum absolute atomic E-state index is 12.4. The Bertz CT molecular complexity index is 910. The van der Waals surface area contributed by atoms with Crippen molar-refractivity contribution in [3.8, 4) is 0 Å². The van der Waals surface area contributed by atoms with Crippen molar-refractivity contribution in [3.63, 3.8) is 0 Å². The first-order valence-electron chi connectivity index (χ1n) is 8.15. The van der Waals surface area contributed by atoms with Gasteiger partial charge in [0.05, 0.1) is 11.5 Å². The first-order chi connectivity index (χ1) is 11.8. The topological polar surface area (TPSA) is 88.2 Å². The molecule has 0 saturated carbocycles. The molecule has 2 N–H and O–H groups in total. The van der Waals surface area contributed by atoms with Crippen LogP contribution < -0.4 is 10.6 Å². The molecule has 1 unspecified atom stereocenters. The second kappa shape index (κ2) is 6.84. The van der Waals surface area contributed by atoms with Gasteiger partial charge in [-0.15, -0.1) is 0 Å². The smallest absolute Gasteiger partial charge is 0.251 e. The normalized spacial score (nSPS) is 18.7. The number of amides is 1. The molecule has 2 heterocycles. The van der Waals surface area contributed by atoms with E-state index in [1.54, 1.807) is 18.3 Å². The fourth-order valence-corrected chi connectivity index (χ4v) is 4.52. The second-order valence-corrected chi connectivity index (χ2v) is 8.60. The molecule has 132 valence electrons. The number of pyridine rings is 1. The molecule has 0 aliphatic carbocycles. The van der Waals surface area contributed by atoms with Gasteiger partial charge in [0, 0.05) is 23.5 Å². The number of aromatic nitrogens is 1. The van der Waals surface area contributed by atoms with E-state index in [0.717, 1.165) is 11.3 Å². The molecule has 2 aromatic rings. The highest BCUT2D eigenvalue weighted by molar-refractivity contribution is 7.91. The predicted molar refractivity (Wildman–Crippen MR) is 98.0 cm³/mol. The van der Waals surface area contributed by atoms with Gasteiger partial charge in [-0.05, 0) is 49.6 Å². The number of carbonyl (C=O) groups is 1. The molecule has 1 aromatic carbocycles. The fourth-order valence-electron chi connectivity index (χ4n) is 2.84. The van der Waals surface area contributed by atoms with Crippen LogP contribution in [-0.4, -0.2) is 36.9 Å². The molecule has 1 aliphatic heterocycles. The number of rotatable bonds is 4. The number of hydrogen-bond donors (Lipinski definition) is 2. The highest BCUT2D eigenvalue weighted by Gasteiger charge is 2.29. The molecule has 0 spiro atoms. The van der Waals surface area contributed by atoms with Crippen molar-refractivity contribution in [1.29, 1.82) is 0 Å². The Balaban J connectivity index is 1.73. The quantitative estimate of drug-likeness (QED) is 0.875. The maximum Gasteiger partial charge on any atom is 0.251 e. The summed E-state index contributed by atoms with van der Waals surface area (Å²) in [6.07, 6.45) is 2.03. The third kappa shape index (κ3) is 4.17. The molecule has 3 rings (SSSR count). The third-order valence-corrected chi connectivity index (χ3v) is 6.23. The van der Waals surface area contributed by atoms with Gasteiger partial charge in [0.15, 0.2) is 9.84 Å². The monoisotopic (exact) mass is 359 g/mol. The van der Waals surface area contributed by atoms with Gasteiger partial charge < -0.3 is 10.6 Å². The van der Waals surface area contributed by atoms with Crippen LogP contribution >= 0.6 is 0 Å². The van der Waals surface area contributed by atoms with Gasteiger partial charge in [0.25, 0.3) is 5.91 Å². The lowest BCUT2D eigenvalue weighted by atomic mass is 10.1. The van der Waals surface area contributed by atoms with Crippen LogP contribution in [0.4, 0.5) is 11.5 Å². The standard InChI is InChI=1S/C18H21N3O3S/c1-12-4-3-5-16(13(12)2)21-17-10-14(6-8-19-17)18(22)20-15-7-9-25(23,24)11-15/h3-6,8,10,15H,7,9,11H2,1-2H3,(H,19,21)(H,20,22). The summed E-state index contributed by atoms with van der Waals surface area (Å²) in [7, 11) is -3.02. The van der Waals surface area contributed by atoms with Crippen LogP contribution in [0.1, 0.15) is 27.9 Å². The number of anilines is 2. The van der Waals surface area contributed by atoms with Gasteiger partial charge in [-0.25, -0.2) is 13.4 Å². The Morgan fingerprint density at radius 1 is 1.24 bits per heavy atom. The molecule has 0 bridgehead atoms. The molecule has 1 atom stereocenters. The Kier molecular flexibility index (Phi) is 4.76. The van der Waals surface area contributed by atoms with Crippen molar-refractivity contribution < 1.29 is 13.2 Å². The van der Waals surface area contributed by atoms with Crippen molar-refractivity contribution in [1.82, 2.24) is 10.3 Å². The average Bonchev–Trinajstić information content (AvgIpc) is 2.91. The minimum absolute atomic E-state index is 0.0113. The van der Waals surface area contributed by atoms with E-state index in [0.29, 0.717) is 17.8 Å². The van der Waals surface area contributed by atoms with E-state index in [1.165, 1.54) is 5.56 Å². The number of nitrogens with one attached hydrogen (secondary N) is 2. The van der Waals surface area contributed by atoms with E-state index < -0.39 is 9.84 Å². The number of benzene rings is 1. The molecule has 1 fully saturated rings. The fraction of sp³-hybridized carbons (Fsp3) is 0.333. The third-order valence-electron chi connectivity index (χ3n) is 4.46. The van der Waals surface area contributed by atoms with Gasteiger partial charge in [0.1, 0.15) is 5.82 Å². The minimum atomic E-state index is -3.02. The van der Waals surface area contributed by atoms with Gasteiger partial charge in [-0.2, -0.15) is 0 Å². The number of carbonyl (C=O) groups excluding carboxylic acids is 1. The SMILES string of the molecule is Cc1cccc(Nc2cc(C(=O)NC3CCS(=O)(=O)C3)ccn2)c1C. The van der Waals surface area contributed by atoms with Crippen molar-refractivity contribution in [2.75, 3.05) is 16.8 Å². The van der Waals surface area contributed by atoms with Gasteiger partial charge in [0.2, 0.25) is 0 Å². The molecule has 6 nitrogen and oxygen atoms in total. The number of aryl methyl sites for hydroxylation is 1. The molecule has 0 radical (unpaired) electrons. The molecule has 1 saturated heterocycles. The summed E-state index contributed by atoms with van der Waals surface area (Å²) in [5, 5.41) is 6.02. The summed E-state index contributed by atoms with van der Waals surface area (Å²) in [5.41, 5.74) is 3.68. The molecular weight excluding hydrogens is 338 g/mol. The van der Waals surface area contributed by atoms with E-state index in [9.17, 15) is 13.2 Å². The Morgan fingerprint density at radius 2 is 2.04 bits per heavy atom. The predicted octanol–water partition coefficient (Wildman–Crippen LogP) is 2.36. The lowest BCUT2D eigenvalue weighted by molar-refractivity contribution is 0.0941. The highest BCUT2D eigenvalue weighted by Crippen LogP contribution is 2.22. The molecule has 7 heteroatoms. The summed E-state index contributed by atoms with van der Waals surface area (Å²) in [4.78, 5) is 16.6. The lowest BCUT2D eigenvalue weighted by Gasteiger charge is -2.13. The van der Waals surface area contributed by atoms with E-state index in [1.807, 2.05) is 32.0 Å². The van der Waals surface area contributed by atoms with E-state index in [-0.39, 0.29) is 23.5 Å². The Morgan fingerprint density at radius 3 is 2.76 bits per heavy atom. The van der Waals surface area contributed by atoms with Gasteiger partial charge in [-0.1, -0.05) is 12.1 Å². The van der Waals surface area contributed by atoms with E-state index in [4.69, 9.17) is 0 Å². The summed E-state index contributed by atoms with van der Waals surface area (Å²) in [6, 6.07) is 8.92. The van der Waals surface area contributed by atoms with Crippen molar-refractivity contribution in [2.24, 2.45) is 0 Å².